The van der Waals surface area contributed by atoms with E-state index in [1.807, 2.05) is 13.8 Å². The van der Waals surface area contributed by atoms with Gasteiger partial charge in [-0.3, -0.25) is 19.0 Å². The third-order valence-corrected chi connectivity index (χ3v) is 3.39. The van der Waals surface area contributed by atoms with Crippen LogP contribution in [-0.2, 0) is 20.9 Å². The molecule has 1 N–H and O–H groups in total. The van der Waals surface area contributed by atoms with Gasteiger partial charge in [0.15, 0.2) is 6.10 Å². The Morgan fingerprint density at radius 2 is 1.96 bits per heavy atom. The average molecular weight is 331 g/mol. The van der Waals surface area contributed by atoms with Crippen molar-refractivity contribution >= 4 is 22.8 Å². The Morgan fingerprint density at radius 1 is 1.25 bits per heavy atom. The molecule has 2 rings (SSSR count). The number of hydrogen-bond acceptors (Lipinski definition) is 5. The van der Waals surface area contributed by atoms with E-state index in [1.54, 1.807) is 24.3 Å². The molecule has 7 heteroatoms. The number of nitrogens with one attached hydrogen (secondary N) is 1. The second-order valence-corrected chi connectivity index (χ2v) is 5.97. The van der Waals surface area contributed by atoms with Gasteiger partial charge in [0, 0.05) is 6.54 Å². The van der Waals surface area contributed by atoms with Gasteiger partial charge in [-0.25, -0.2) is 4.98 Å². The molecule has 0 saturated heterocycles. The third kappa shape index (κ3) is 4.41. The van der Waals surface area contributed by atoms with Crippen molar-refractivity contribution < 1.29 is 14.3 Å². The van der Waals surface area contributed by atoms with Gasteiger partial charge >= 0.3 is 5.97 Å². The van der Waals surface area contributed by atoms with E-state index in [-0.39, 0.29) is 18.0 Å². The highest BCUT2D eigenvalue weighted by Crippen LogP contribution is 2.05. The van der Waals surface area contributed by atoms with Gasteiger partial charge in [0.25, 0.3) is 11.5 Å². The van der Waals surface area contributed by atoms with Gasteiger partial charge < -0.3 is 10.1 Å². The van der Waals surface area contributed by atoms with E-state index in [0.717, 1.165) is 0 Å². The molecule has 1 atom stereocenters. The molecular formula is C17H21N3O4. The number of carbonyl (C=O) groups is 2. The molecule has 0 aliphatic heterocycles. The van der Waals surface area contributed by atoms with E-state index < -0.39 is 12.1 Å². The molecule has 0 aliphatic carbocycles. The van der Waals surface area contributed by atoms with Crippen LogP contribution in [0.4, 0.5) is 0 Å². The number of carbonyl (C=O) groups excluding carboxylic acids is 2. The number of amides is 1. The molecule has 0 saturated carbocycles. The lowest BCUT2D eigenvalue weighted by atomic mass is 10.2. The topological polar surface area (TPSA) is 90.3 Å². The Kier molecular flexibility index (Phi) is 5.68. The largest absolute Gasteiger partial charge is 0.451 e. The van der Waals surface area contributed by atoms with Crippen molar-refractivity contribution in [1.82, 2.24) is 14.9 Å². The Morgan fingerprint density at radius 3 is 2.67 bits per heavy atom. The number of ether oxygens (including phenoxy) is 1. The molecule has 2 aromatic rings. The molecule has 0 spiro atoms. The average Bonchev–Trinajstić information content (AvgIpc) is 2.55. The Bertz CT molecular complexity index is 798. The Balaban J connectivity index is 2.01. The summed E-state index contributed by atoms with van der Waals surface area (Å²) in [5.41, 5.74) is 0.239. The van der Waals surface area contributed by atoms with Crippen LogP contribution < -0.4 is 10.9 Å². The van der Waals surface area contributed by atoms with E-state index in [4.69, 9.17) is 4.74 Å². The zero-order valence-electron chi connectivity index (χ0n) is 14.0. The predicted molar refractivity (Wildman–Crippen MR) is 89.4 cm³/mol. The molecule has 0 fully saturated rings. The molecule has 1 heterocycles. The summed E-state index contributed by atoms with van der Waals surface area (Å²) in [6.45, 7) is 5.65. The maximum Gasteiger partial charge on any atom is 0.326 e. The smallest absolute Gasteiger partial charge is 0.326 e. The van der Waals surface area contributed by atoms with Crippen molar-refractivity contribution in [3.8, 4) is 0 Å². The van der Waals surface area contributed by atoms with Crippen LogP contribution in [0, 0.1) is 5.92 Å². The molecule has 1 aromatic heterocycles. The van der Waals surface area contributed by atoms with Crippen LogP contribution in [0.25, 0.3) is 10.9 Å². The van der Waals surface area contributed by atoms with E-state index in [0.29, 0.717) is 23.4 Å². The number of rotatable bonds is 6. The number of nitrogens with zero attached hydrogens (tertiary/aromatic N) is 2. The first-order chi connectivity index (χ1) is 11.4. The van der Waals surface area contributed by atoms with Gasteiger partial charge in [0.05, 0.1) is 17.2 Å². The van der Waals surface area contributed by atoms with Gasteiger partial charge in [-0.05, 0) is 25.0 Å². The third-order valence-electron chi connectivity index (χ3n) is 3.39. The molecule has 0 bridgehead atoms. The first kappa shape index (κ1) is 17.7. The summed E-state index contributed by atoms with van der Waals surface area (Å²) in [5.74, 6) is -0.721. The quantitative estimate of drug-likeness (QED) is 0.801. The van der Waals surface area contributed by atoms with Gasteiger partial charge in [-0.2, -0.15) is 0 Å². The van der Waals surface area contributed by atoms with Crippen LogP contribution >= 0.6 is 0 Å². The van der Waals surface area contributed by atoms with Crippen LogP contribution in [0.3, 0.4) is 0 Å². The summed E-state index contributed by atoms with van der Waals surface area (Å²) in [5, 5.41) is 3.12. The molecule has 128 valence electrons. The maximum atomic E-state index is 12.3. The zero-order chi connectivity index (χ0) is 17.7. The fourth-order valence-corrected chi connectivity index (χ4v) is 2.09. The minimum atomic E-state index is -0.916. The normalized spacial score (nSPS) is 12.2. The zero-order valence-corrected chi connectivity index (χ0v) is 14.0. The first-order valence-corrected chi connectivity index (χ1v) is 7.80. The van der Waals surface area contributed by atoms with Crippen LogP contribution in [-0.4, -0.2) is 34.1 Å². The van der Waals surface area contributed by atoms with E-state index in [2.05, 4.69) is 10.3 Å². The number of esters is 1. The Labute approximate surface area is 139 Å². The molecule has 0 radical (unpaired) electrons. The number of aromatic nitrogens is 2. The lowest BCUT2D eigenvalue weighted by Gasteiger charge is -2.15. The fourth-order valence-electron chi connectivity index (χ4n) is 2.09. The van der Waals surface area contributed by atoms with Crippen LogP contribution in [0.1, 0.15) is 20.8 Å². The van der Waals surface area contributed by atoms with Crippen molar-refractivity contribution in [3.63, 3.8) is 0 Å². The SMILES string of the molecule is CC(C)CNC(=O)[C@@H](C)OC(=O)Cn1cnc2ccccc2c1=O. The van der Waals surface area contributed by atoms with Crippen LogP contribution in [0.2, 0.25) is 0 Å². The fraction of sp³-hybridized carbons (Fsp3) is 0.412. The monoisotopic (exact) mass is 331 g/mol. The predicted octanol–water partition coefficient (Wildman–Crippen LogP) is 1.10. The number of fused-ring (bicyclic) bond motifs is 1. The second kappa shape index (κ2) is 7.72. The molecular weight excluding hydrogens is 310 g/mol. The number of para-hydroxylation sites is 1. The molecule has 1 aromatic carbocycles. The molecule has 7 nitrogen and oxygen atoms in total. The van der Waals surface area contributed by atoms with Crippen LogP contribution in [0.15, 0.2) is 35.4 Å². The van der Waals surface area contributed by atoms with Crippen molar-refractivity contribution in [2.24, 2.45) is 5.92 Å². The molecule has 0 unspecified atom stereocenters. The number of hydrogen-bond donors (Lipinski definition) is 1. The second-order valence-electron chi connectivity index (χ2n) is 5.97. The van der Waals surface area contributed by atoms with E-state index in [9.17, 15) is 14.4 Å². The van der Waals surface area contributed by atoms with E-state index in [1.165, 1.54) is 17.8 Å². The summed E-state index contributed by atoms with van der Waals surface area (Å²) in [6.07, 6.45) is 0.385. The first-order valence-electron chi connectivity index (χ1n) is 7.80. The van der Waals surface area contributed by atoms with Gasteiger partial charge in [0.2, 0.25) is 0 Å². The summed E-state index contributed by atoms with van der Waals surface area (Å²) in [6, 6.07) is 6.88. The van der Waals surface area contributed by atoms with Gasteiger partial charge in [-0.15, -0.1) is 0 Å². The standard InChI is InChI=1S/C17H21N3O4/c1-11(2)8-18-16(22)12(3)24-15(21)9-20-10-19-14-7-5-4-6-13(14)17(20)23/h4-7,10-12H,8-9H2,1-3H3,(H,18,22)/t12-/m1/s1. The highest BCUT2D eigenvalue weighted by molar-refractivity contribution is 5.83. The van der Waals surface area contributed by atoms with Crippen molar-refractivity contribution in [1.29, 1.82) is 0 Å². The lowest BCUT2D eigenvalue weighted by Crippen LogP contribution is -2.38. The molecule has 1 amide bonds. The molecule has 0 aliphatic rings. The van der Waals surface area contributed by atoms with Gasteiger partial charge in [-0.1, -0.05) is 26.0 Å². The van der Waals surface area contributed by atoms with Crippen molar-refractivity contribution in [2.45, 2.75) is 33.4 Å². The van der Waals surface area contributed by atoms with E-state index >= 15 is 0 Å². The minimum absolute atomic E-state index is 0.293. The highest BCUT2D eigenvalue weighted by atomic mass is 16.5. The van der Waals surface area contributed by atoms with Gasteiger partial charge in [0.1, 0.15) is 6.54 Å². The molecule has 24 heavy (non-hydrogen) atoms. The summed E-state index contributed by atoms with van der Waals surface area (Å²) >= 11 is 0. The van der Waals surface area contributed by atoms with Crippen molar-refractivity contribution in [3.05, 3.63) is 40.9 Å². The summed E-state index contributed by atoms with van der Waals surface area (Å²) in [4.78, 5) is 40.2. The van der Waals surface area contributed by atoms with Crippen molar-refractivity contribution in [2.75, 3.05) is 6.54 Å². The Hall–Kier alpha value is -2.70. The summed E-state index contributed by atoms with van der Waals surface area (Å²) < 4.78 is 6.25. The number of benzene rings is 1. The summed E-state index contributed by atoms with van der Waals surface area (Å²) in [7, 11) is 0. The lowest BCUT2D eigenvalue weighted by molar-refractivity contribution is -0.155. The minimum Gasteiger partial charge on any atom is -0.451 e. The van der Waals surface area contributed by atoms with Crippen LogP contribution in [0.5, 0.6) is 0 Å². The maximum absolute atomic E-state index is 12.3. The highest BCUT2D eigenvalue weighted by Gasteiger charge is 2.18.